The molecule has 0 aliphatic rings. The maximum Gasteiger partial charge on any atom is 0.191 e. The smallest absolute Gasteiger partial charge is 0.191 e. The van der Waals surface area contributed by atoms with Crippen molar-refractivity contribution < 1.29 is 9.13 Å². The molecule has 0 spiro atoms. The van der Waals surface area contributed by atoms with Crippen LogP contribution >= 0.6 is 0 Å². The summed E-state index contributed by atoms with van der Waals surface area (Å²) in [5, 5.41) is 10.4. The highest BCUT2D eigenvalue weighted by Gasteiger charge is 2.05. The van der Waals surface area contributed by atoms with Gasteiger partial charge in [0.1, 0.15) is 0 Å². The van der Waals surface area contributed by atoms with E-state index in [-0.39, 0.29) is 11.6 Å². The fourth-order valence-electron chi connectivity index (χ4n) is 2.08. The van der Waals surface area contributed by atoms with E-state index < -0.39 is 0 Å². The Hall–Kier alpha value is -2.57. The second kappa shape index (κ2) is 8.17. The van der Waals surface area contributed by atoms with E-state index in [0.717, 1.165) is 11.3 Å². The molecular weight excluding hydrogens is 297 g/mol. The van der Waals surface area contributed by atoms with Crippen LogP contribution < -0.4 is 15.4 Å². The molecule has 0 saturated heterocycles. The molecule has 1 aromatic carbocycles. The number of nitrogens with zero attached hydrogens (tertiary/aromatic N) is 3. The maximum absolute atomic E-state index is 13.8. The molecule has 2 rings (SSSR count). The Morgan fingerprint density at radius 3 is 2.70 bits per heavy atom. The predicted molar refractivity (Wildman–Crippen MR) is 87.8 cm³/mol. The summed E-state index contributed by atoms with van der Waals surface area (Å²) in [7, 11) is 3.58. The Bertz CT molecular complexity index is 668. The average Bonchev–Trinajstić information content (AvgIpc) is 2.95. The van der Waals surface area contributed by atoms with Crippen LogP contribution in [0.4, 0.5) is 4.39 Å². The molecule has 0 atom stereocenters. The van der Waals surface area contributed by atoms with E-state index in [1.807, 2.05) is 26.1 Å². The third-order valence-electron chi connectivity index (χ3n) is 3.34. The first kappa shape index (κ1) is 16.8. The highest BCUT2D eigenvalue weighted by molar-refractivity contribution is 5.79. The molecule has 0 unspecified atom stereocenters. The van der Waals surface area contributed by atoms with Gasteiger partial charge in [-0.2, -0.15) is 5.10 Å². The quantitative estimate of drug-likeness (QED) is 0.630. The first-order chi connectivity index (χ1) is 11.1. The van der Waals surface area contributed by atoms with Crippen molar-refractivity contribution in [2.45, 2.75) is 20.0 Å². The number of aryl methyl sites for hydroxylation is 1. The summed E-state index contributed by atoms with van der Waals surface area (Å²) in [6, 6.07) is 6.87. The topological polar surface area (TPSA) is 63.5 Å². The largest absolute Gasteiger partial charge is 0.491 e. The molecule has 124 valence electrons. The summed E-state index contributed by atoms with van der Waals surface area (Å²) in [5.41, 5.74) is 1.86. The van der Waals surface area contributed by atoms with Crippen LogP contribution in [-0.2, 0) is 20.1 Å². The number of ether oxygens (including phenoxy) is 1. The lowest BCUT2D eigenvalue weighted by atomic mass is 10.2. The SMILES string of the molecule is CCOc1ccc(CNC(=NC)NCc2ccnn2C)cc1F. The highest BCUT2D eigenvalue weighted by Crippen LogP contribution is 2.18. The van der Waals surface area contributed by atoms with Gasteiger partial charge in [0.25, 0.3) is 0 Å². The van der Waals surface area contributed by atoms with Gasteiger partial charge in [-0.3, -0.25) is 9.67 Å². The van der Waals surface area contributed by atoms with Gasteiger partial charge < -0.3 is 15.4 Å². The number of hydrogen-bond donors (Lipinski definition) is 2. The minimum Gasteiger partial charge on any atom is -0.491 e. The molecule has 2 N–H and O–H groups in total. The number of guanidine groups is 1. The van der Waals surface area contributed by atoms with Gasteiger partial charge in [-0.15, -0.1) is 0 Å². The third-order valence-corrected chi connectivity index (χ3v) is 3.34. The van der Waals surface area contributed by atoms with Crippen molar-refractivity contribution in [2.75, 3.05) is 13.7 Å². The van der Waals surface area contributed by atoms with Gasteiger partial charge in [-0.1, -0.05) is 6.07 Å². The molecule has 23 heavy (non-hydrogen) atoms. The molecule has 7 heteroatoms. The molecule has 0 amide bonds. The number of hydrogen-bond acceptors (Lipinski definition) is 3. The van der Waals surface area contributed by atoms with Gasteiger partial charge in [0.05, 0.1) is 18.8 Å². The van der Waals surface area contributed by atoms with E-state index in [9.17, 15) is 4.39 Å². The first-order valence-corrected chi connectivity index (χ1v) is 7.46. The number of benzene rings is 1. The van der Waals surface area contributed by atoms with Crippen molar-refractivity contribution in [3.05, 3.63) is 47.5 Å². The molecule has 6 nitrogen and oxygen atoms in total. The second-order valence-corrected chi connectivity index (χ2v) is 4.92. The fraction of sp³-hybridized carbons (Fsp3) is 0.375. The van der Waals surface area contributed by atoms with Crippen LogP contribution in [0.25, 0.3) is 0 Å². The lowest BCUT2D eigenvalue weighted by Gasteiger charge is -2.12. The minimum atomic E-state index is -0.357. The van der Waals surface area contributed by atoms with Crippen molar-refractivity contribution in [3.63, 3.8) is 0 Å². The van der Waals surface area contributed by atoms with Crippen LogP contribution in [-0.4, -0.2) is 29.4 Å². The van der Waals surface area contributed by atoms with Crippen molar-refractivity contribution in [2.24, 2.45) is 12.0 Å². The van der Waals surface area contributed by atoms with E-state index in [1.165, 1.54) is 6.07 Å². The van der Waals surface area contributed by atoms with E-state index in [4.69, 9.17) is 4.74 Å². The summed E-state index contributed by atoms with van der Waals surface area (Å²) < 4.78 is 20.8. The zero-order chi connectivity index (χ0) is 16.7. The maximum atomic E-state index is 13.8. The second-order valence-electron chi connectivity index (χ2n) is 4.92. The van der Waals surface area contributed by atoms with Crippen LogP contribution in [0.5, 0.6) is 5.75 Å². The lowest BCUT2D eigenvalue weighted by Crippen LogP contribution is -2.36. The van der Waals surface area contributed by atoms with Crippen LogP contribution in [0.2, 0.25) is 0 Å². The fourth-order valence-corrected chi connectivity index (χ4v) is 2.08. The number of rotatable bonds is 6. The monoisotopic (exact) mass is 319 g/mol. The van der Waals surface area contributed by atoms with Crippen molar-refractivity contribution >= 4 is 5.96 Å². The van der Waals surface area contributed by atoms with Crippen molar-refractivity contribution in [1.29, 1.82) is 0 Å². The lowest BCUT2D eigenvalue weighted by molar-refractivity contribution is 0.321. The summed E-state index contributed by atoms with van der Waals surface area (Å²) in [6.45, 7) is 3.34. The number of aliphatic imine (C=N–C) groups is 1. The van der Waals surface area contributed by atoms with Crippen molar-refractivity contribution in [1.82, 2.24) is 20.4 Å². The number of halogens is 1. The van der Waals surface area contributed by atoms with E-state index >= 15 is 0 Å². The summed E-state index contributed by atoms with van der Waals surface area (Å²) in [6.07, 6.45) is 1.75. The molecule has 2 aromatic rings. The van der Waals surface area contributed by atoms with Crippen LogP contribution in [0, 0.1) is 5.82 Å². The molecule has 0 radical (unpaired) electrons. The molecule has 1 aromatic heterocycles. The normalized spacial score (nSPS) is 11.4. The van der Waals surface area contributed by atoms with E-state index in [2.05, 4.69) is 20.7 Å². The number of nitrogens with one attached hydrogen (secondary N) is 2. The first-order valence-electron chi connectivity index (χ1n) is 7.46. The third kappa shape index (κ3) is 4.70. The van der Waals surface area contributed by atoms with Crippen molar-refractivity contribution in [3.8, 4) is 5.75 Å². The van der Waals surface area contributed by atoms with Gasteiger partial charge >= 0.3 is 0 Å². The zero-order valence-corrected chi connectivity index (χ0v) is 13.6. The van der Waals surface area contributed by atoms with Crippen LogP contribution in [0.1, 0.15) is 18.2 Å². The van der Waals surface area contributed by atoms with Crippen LogP contribution in [0.15, 0.2) is 35.5 Å². The van der Waals surface area contributed by atoms with Crippen LogP contribution in [0.3, 0.4) is 0 Å². The predicted octanol–water partition coefficient (Wildman–Crippen LogP) is 1.82. The molecule has 0 saturated carbocycles. The van der Waals surface area contributed by atoms with Gasteiger partial charge in [0.15, 0.2) is 17.5 Å². The average molecular weight is 319 g/mol. The Labute approximate surface area is 135 Å². The van der Waals surface area contributed by atoms with E-state index in [0.29, 0.717) is 25.7 Å². The summed E-state index contributed by atoms with van der Waals surface area (Å²) >= 11 is 0. The molecule has 0 aliphatic carbocycles. The summed E-state index contributed by atoms with van der Waals surface area (Å²) in [5.74, 6) is 0.555. The number of aromatic nitrogens is 2. The molecule has 1 heterocycles. The van der Waals surface area contributed by atoms with Gasteiger partial charge in [0, 0.05) is 26.8 Å². The Morgan fingerprint density at radius 2 is 2.09 bits per heavy atom. The molecular formula is C16H22FN5O. The minimum absolute atomic E-state index is 0.273. The van der Waals surface area contributed by atoms with Gasteiger partial charge in [-0.05, 0) is 30.7 Å². The molecule has 0 aliphatic heterocycles. The zero-order valence-electron chi connectivity index (χ0n) is 13.6. The molecule has 0 bridgehead atoms. The van der Waals surface area contributed by atoms with E-state index in [1.54, 1.807) is 24.0 Å². The Morgan fingerprint density at radius 1 is 1.30 bits per heavy atom. The highest BCUT2D eigenvalue weighted by atomic mass is 19.1. The Balaban J connectivity index is 1.88. The van der Waals surface area contributed by atoms with Gasteiger partial charge in [0.2, 0.25) is 0 Å². The standard InChI is InChI=1S/C16H22FN5O/c1-4-23-15-6-5-12(9-14(15)17)10-19-16(18-2)20-11-13-7-8-21-22(13)3/h5-9H,4,10-11H2,1-3H3,(H2,18,19,20). The Kier molecular flexibility index (Phi) is 5.96. The summed E-state index contributed by atoms with van der Waals surface area (Å²) in [4.78, 5) is 4.15. The van der Waals surface area contributed by atoms with Gasteiger partial charge in [-0.25, -0.2) is 4.39 Å². The molecule has 0 fully saturated rings.